The van der Waals surface area contributed by atoms with Crippen LogP contribution in [0.15, 0.2) is 22.7 Å². The Balaban J connectivity index is 1.85. The smallest absolute Gasteiger partial charge is 0.209 e. The van der Waals surface area contributed by atoms with Gasteiger partial charge in [-0.15, -0.1) is 16.4 Å². The monoisotopic (exact) mass is 269 g/mol. The van der Waals surface area contributed by atoms with Gasteiger partial charge in [-0.1, -0.05) is 24.8 Å². The molecule has 0 saturated heterocycles. The Labute approximate surface area is 109 Å². The van der Waals surface area contributed by atoms with Gasteiger partial charge in [-0.3, -0.25) is 0 Å². The summed E-state index contributed by atoms with van der Waals surface area (Å²) in [4.78, 5) is 1.34. The standard InChI is InChI=1S/C10H15N5S2/c1-2-11-5-6-15-10(12-13-14-15)17-8-9-4-3-7-16-9/h3-4,7,11H,2,5-6,8H2,1H3. The minimum atomic E-state index is 0.813. The predicted octanol–water partition coefficient (Wildman–Crippen LogP) is 1.64. The van der Waals surface area contributed by atoms with Crippen LogP contribution in [0.3, 0.4) is 0 Å². The number of nitrogens with zero attached hydrogens (tertiary/aromatic N) is 4. The lowest BCUT2D eigenvalue weighted by Crippen LogP contribution is -2.20. The van der Waals surface area contributed by atoms with Gasteiger partial charge in [0.15, 0.2) is 0 Å². The van der Waals surface area contributed by atoms with Gasteiger partial charge in [0.05, 0.1) is 6.54 Å². The van der Waals surface area contributed by atoms with Gasteiger partial charge in [-0.2, -0.15) is 0 Å². The number of aromatic nitrogens is 4. The van der Waals surface area contributed by atoms with Gasteiger partial charge in [0.2, 0.25) is 5.16 Å². The van der Waals surface area contributed by atoms with Crippen molar-refractivity contribution >= 4 is 23.1 Å². The maximum Gasteiger partial charge on any atom is 0.209 e. The third-order valence-corrected chi connectivity index (χ3v) is 4.24. The lowest BCUT2D eigenvalue weighted by molar-refractivity contribution is 0.517. The van der Waals surface area contributed by atoms with Crippen LogP contribution >= 0.6 is 23.1 Å². The summed E-state index contributed by atoms with van der Waals surface area (Å²) in [6, 6.07) is 4.19. The van der Waals surface area contributed by atoms with E-state index < -0.39 is 0 Å². The number of thioether (sulfide) groups is 1. The number of tetrazole rings is 1. The summed E-state index contributed by atoms with van der Waals surface area (Å²) < 4.78 is 1.85. The molecule has 92 valence electrons. The number of likely N-dealkylation sites (N-methyl/N-ethyl adjacent to an activating group) is 1. The lowest BCUT2D eigenvalue weighted by atomic mass is 10.5. The van der Waals surface area contributed by atoms with Crippen molar-refractivity contribution in [1.82, 2.24) is 25.5 Å². The lowest BCUT2D eigenvalue weighted by Gasteiger charge is -2.03. The molecule has 7 heteroatoms. The average Bonchev–Trinajstić information content (AvgIpc) is 2.97. The highest BCUT2D eigenvalue weighted by molar-refractivity contribution is 7.98. The number of hydrogen-bond acceptors (Lipinski definition) is 6. The SMILES string of the molecule is CCNCCn1nnnc1SCc1cccs1. The molecule has 2 rings (SSSR count). The highest BCUT2D eigenvalue weighted by Crippen LogP contribution is 2.22. The summed E-state index contributed by atoms with van der Waals surface area (Å²) >= 11 is 3.44. The van der Waals surface area contributed by atoms with Crippen molar-refractivity contribution in [2.75, 3.05) is 13.1 Å². The van der Waals surface area contributed by atoms with Crippen molar-refractivity contribution in [2.45, 2.75) is 24.4 Å². The topological polar surface area (TPSA) is 55.6 Å². The van der Waals surface area contributed by atoms with Crippen molar-refractivity contribution in [2.24, 2.45) is 0 Å². The Morgan fingerprint density at radius 1 is 1.53 bits per heavy atom. The van der Waals surface area contributed by atoms with Crippen LogP contribution in [0.5, 0.6) is 0 Å². The number of rotatable bonds is 7. The molecule has 0 atom stereocenters. The van der Waals surface area contributed by atoms with Crippen LogP contribution in [0.25, 0.3) is 0 Å². The molecule has 0 amide bonds. The maximum atomic E-state index is 4.04. The zero-order valence-electron chi connectivity index (χ0n) is 9.67. The van der Waals surface area contributed by atoms with E-state index >= 15 is 0 Å². The molecule has 0 aliphatic rings. The molecule has 0 fully saturated rings. The minimum Gasteiger partial charge on any atom is -0.315 e. The molecule has 0 aliphatic heterocycles. The van der Waals surface area contributed by atoms with Crippen LogP contribution in [-0.2, 0) is 12.3 Å². The highest BCUT2D eigenvalue weighted by Gasteiger charge is 2.06. The van der Waals surface area contributed by atoms with E-state index in [-0.39, 0.29) is 0 Å². The van der Waals surface area contributed by atoms with E-state index in [2.05, 4.69) is 45.3 Å². The molecule has 0 aromatic carbocycles. The van der Waals surface area contributed by atoms with Gasteiger partial charge in [0.1, 0.15) is 0 Å². The molecular weight excluding hydrogens is 254 g/mol. The van der Waals surface area contributed by atoms with Crippen LogP contribution < -0.4 is 5.32 Å². The molecule has 0 bridgehead atoms. The Morgan fingerprint density at radius 3 is 3.24 bits per heavy atom. The first kappa shape index (κ1) is 12.5. The quantitative estimate of drug-likeness (QED) is 0.611. The van der Waals surface area contributed by atoms with Gasteiger partial charge < -0.3 is 5.32 Å². The summed E-state index contributed by atoms with van der Waals surface area (Å²) in [6.45, 7) is 4.77. The van der Waals surface area contributed by atoms with Gasteiger partial charge in [0, 0.05) is 17.2 Å². The maximum absolute atomic E-state index is 4.04. The first-order valence-corrected chi connectivity index (χ1v) is 7.38. The molecule has 2 heterocycles. The van der Waals surface area contributed by atoms with Crippen LogP contribution in [-0.4, -0.2) is 33.3 Å². The minimum absolute atomic E-state index is 0.813. The van der Waals surface area contributed by atoms with Crippen LogP contribution in [0.4, 0.5) is 0 Å². The zero-order chi connectivity index (χ0) is 11.9. The van der Waals surface area contributed by atoms with E-state index in [0.29, 0.717) is 0 Å². The van der Waals surface area contributed by atoms with Gasteiger partial charge in [-0.05, 0) is 28.4 Å². The molecule has 0 spiro atoms. The van der Waals surface area contributed by atoms with Crippen molar-refractivity contribution in [1.29, 1.82) is 0 Å². The normalized spacial score (nSPS) is 10.9. The van der Waals surface area contributed by atoms with E-state index in [1.807, 2.05) is 4.68 Å². The van der Waals surface area contributed by atoms with Crippen LogP contribution in [0.2, 0.25) is 0 Å². The molecule has 5 nitrogen and oxygen atoms in total. The van der Waals surface area contributed by atoms with Gasteiger partial charge in [0.25, 0.3) is 0 Å². The van der Waals surface area contributed by atoms with Crippen molar-refractivity contribution in [3.63, 3.8) is 0 Å². The number of hydrogen-bond donors (Lipinski definition) is 1. The molecule has 2 aromatic rings. The van der Waals surface area contributed by atoms with Crippen LogP contribution in [0.1, 0.15) is 11.8 Å². The third-order valence-electron chi connectivity index (χ3n) is 2.17. The molecule has 0 saturated carbocycles. The number of nitrogens with one attached hydrogen (secondary N) is 1. The Bertz CT molecular complexity index is 426. The second-order valence-electron chi connectivity index (χ2n) is 3.41. The molecular formula is C10H15N5S2. The summed E-state index contributed by atoms with van der Waals surface area (Å²) in [7, 11) is 0. The summed E-state index contributed by atoms with van der Waals surface area (Å²) in [6.07, 6.45) is 0. The third kappa shape index (κ3) is 3.79. The van der Waals surface area contributed by atoms with E-state index in [9.17, 15) is 0 Å². The average molecular weight is 269 g/mol. The Hall–Kier alpha value is -0.920. The van der Waals surface area contributed by atoms with E-state index in [4.69, 9.17) is 0 Å². The van der Waals surface area contributed by atoms with Crippen molar-refractivity contribution < 1.29 is 0 Å². The second-order valence-corrected chi connectivity index (χ2v) is 5.38. The van der Waals surface area contributed by atoms with Crippen molar-refractivity contribution in [3.8, 4) is 0 Å². The van der Waals surface area contributed by atoms with Gasteiger partial charge >= 0.3 is 0 Å². The van der Waals surface area contributed by atoms with Crippen LogP contribution in [0, 0.1) is 0 Å². The second kappa shape index (κ2) is 6.73. The molecule has 17 heavy (non-hydrogen) atoms. The summed E-state index contributed by atoms with van der Waals surface area (Å²) in [5, 5.41) is 18.0. The molecule has 2 aromatic heterocycles. The summed E-state index contributed by atoms with van der Waals surface area (Å²) in [5.74, 6) is 0.930. The first-order valence-electron chi connectivity index (χ1n) is 5.52. The van der Waals surface area contributed by atoms with E-state index in [0.717, 1.165) is 30.5 Å². The fraction of sp³-hybridized carbons (Fsp3) is 0.500. The zero-order valence-corrected chi connectivity index (χ0v) is 11.3. The molecule has 0 radical (unpaired) electrons. The predicted molar refractivity (Wildman–Crippen MR) is 70.2 cm³/mol. The number of thiophene rings is 1. The largest absolute Gasteiger partial charge is 0.315 e. The Kier molecular flexibility index (Phi) is 4.96. The molecule has 0 unspecified atom stereocenters. The van der Waals surface area contributed by atoms with E-state index in [1.54, 1.807) is 23.1 Å². The molecule has 0 aliphatic carbocycles. The van der Waals surface area contributed by atoms with E-state index in [1.165, 1.54) is 4.88 Å². The Morgan fingerprint density at radius 2 is 2.47 bits per heavy atom. The first-order chi connectivity index (χ1) is 8.40. The fourth-order valence-electron chi connectivity index (χ4n) is 1.33. The van der Waals surface area contributed by atoms with Gasteiger partial charge in [-0.25, -0.2) is 4.68 Å². The molecule has 1 N–H and O–H groups in total. The van der Waals surface area contributed by atoms with Crippen molar-refractivity contribution in [3.05, 3.63) is 22.4 Å². The fourth-order valence-corrected chi connectivity index (χ4v) is 3.01. The highest BCUT2D eigenvalue weighted by atomic mass is 32.2. The summed E-state index contributed by atoms with van der Waals surface area (Å²) in [5.41, 5.74) is 0.